The minimum atomic E-state index is -0.714. The largest absolute Gasteiger partial charge is 0.321 e. The molecule has 0 aliphatic carbocycles. The van der Waals surface area contributed by atoms with Crippen molar-refractivity contribution < 1.29 is 4.39 Å². The summed E-state index contributed by atoms with van der Waals surface area (Å²) in [6, 6.07) is 8.66. The fraction of sp³-hybridized carbons (Fsp3) is 0.267. The fourth-order valence-corrected chi connectivity index (χ4v) is 2.60. The van der Waals surface area contributed by atoms with Gasteiger partial charge in [0, 0.05) is 28.0 Å². The summed E-state index contributed by atoms with van der Waals surface area (Å²) < 4.78 is 14.8. The molecule has 19 heavy (non-hydrogen) atoms. The summed E-state index contributed by atoms with van der Waals surface area (Å²) >= 11 is 3.38. The van der Waals surface area contributed by atoms with E-state index in [0.717, 1.165) is 10.0 Å². The molecule has 0 aliphatic rings. The van der Waals surface area contributed by atoms with Gasteiger partial charge in [0.05, 0.1) is 0 Å². The number of benzene rings is 1. The molecule has 0 amide bonds. The minimum Gasteiger partial charge on any atom is -0.321 e. The number of hydrogen-bond acceptors (Lipinski definition) is 2. The SMILES string of the molecule is CCC(N)(Cc1cncc(Br)c1)c1ccccc1F. The highest BCUT2D eigenvalue weighted by Crippen LogP contribution is 2.29. The highest BCUT2D eigenvalue weighted by Gasteiger charge is 2.28. The molecule has 0 fully saturated rings. The van der Waals surface area contributed by atoms with Crippen molar-refractivity contribution in [3.8, 4) is 0 Å². The summed E-state index contributed by atoms with van der Waals surface area (Å²) in [6.45, 7) is 1.97. The predicted octanol–water partition coefficient (Wildman–Crippen LogP) is 3.79. The third-order valence-electron chi connectivity index (χ3n) is 3.32. The van der Waals surface area contributed by atoms with E-state index >= 15 is 0 Å². The molecular weight excluding hydrogens is 307 g/mol. The van der Waals surface area contributed by atoms with E-state index < -0.39 is 5.54 Å². The van der Waals surface area contributed by atoms with E-state index in [0.29, 0.717) is 18.4 Å². The van der Waals surface area contributed by atoms with Gasteiger partial charge in [-0.1, -0.05) is 25.1 Å². The molecule has 1 unspecified atom stereocenters. The topological polar surface area (TPSA) is 38.9 Å². The molecule has 0 bridgehead atoms. The first-order valence-corrected chi connectivity index (χ1v) is 6.98. The molecule has 1 aromatic heterocycles. The van der Waals surface area contributed by atoms with Crippen LogP contribution in [0.1, 0.15) is 24.5 Å². The maximum atomic E-state index is 13.9. The number of halogens is 2. The number of hydrogen-bond donors (Lipinski definition) is 1. The van der Waals surface area contributed by atoms with Crippen LogP contribution in [0, 0.1) is 5.82 Å². The van der Waals surface area contributed by atoms with Crippen LogP contribution in [0.4, 0.5) is 4.39 Å². The van der Waals surface area contributed by atoms with E-state index in [1.54, 1.807) is 24.5 Å². The van der Waals surface area contributed by atoms with Gasteiger partial charge >= 0.3 is 0 Å². The van der Waals surface area contributed by atoms with E-state index in [1.165, 1.54) is 6.07 Å². The molecule has 2 N–H and O–H groups in total. The number of aromatic nitrogens is 1. The molecule has 1 heterocycles. The summed E-state index contributed by atoms with van der Waals surface area (Å²) in [7, 11) is 0. The van der Waals surface area contributed by atoms with Crippen molar-refractivity contribution in [2.24, 2.45) is 5.73 Å². The number of nitrogens with zero attached hydrogens (tertiary/aromatic N) is 1. The Morgan fingerprint density at radius 2 is 2.05 bits per heavy atom. The minimum absolute atomic E-state index is 0.255. The number of nitrogens with two attached hydrogens (primary N) is 1. The van der Waals surface area contributed by atoms with Crippen LogP contribution >= 0.6 is 15.9 Å². The van der Waals surface area contributed by atoms with Gasteiger partial charge < -0.3 is 5.73 Å². The van der Waals surface area contributed by atoms with Crippen molar-refractivity contribution in [2.45, 2.75) is 25.3 Å². The van der Waals surface area contributed by atoms with Gasteiger partial charge in [-0.25, -0.2) is 4.39 Å². The van der Waals surface area contributed by atoms with E-state index in [-0.39, 0.29) is 5.82 Å². The second-order valence-electron chi connectivity index (χ2n) is 4.68. The summed E-state index contributed by atoms with van der Waals surface area (Å²) in [6.07, 6.45) is 4.69. The standard InChI is InChI=1S/C15H16BrFN2/c1-2-15(18,13-5-3-4-6-14(13)17)8-11-7-12(16)10-19-9-11/h3-7,9-10H,2,8,18H2,1H3. The predicted molar refractivity (Wildman–Crippen MR) is 78.2 cm³/mol. The van der Waals surface area contributed by atoms with Gasteiger partial charge in [0.25, 0.3) is 0 Å². The lowest BCUT2D eigenvalue weighted by atomic mass is 9.82. The van der Waals surface area contributed by atoms with Crippen LogP contribution in [0.3, 0.4) is 0 Å². The maximum Gasteiger partial charge on any atom is 0.128 e. The van der Waals surface area contributed by atoms with Crippen molar-refractivity contribution in [2.75, 3.05) is 0 Å². The molecule has 0 spiro atoms. The molecule has 1 atom stereocenters. The molecule has 0 saturated carbocycles. The Morgan fingerprint density at radius 1 is 1.32 bits per heavy atom. The third kappa shape index (κ3) is 3.19. The second-order valence-corrected chi connectivity index (χ2v) is 5.59. The first-order valence-electron chi connectivity index (χ1n) is 6.18. The monoisotopic (exact) mass is 322 g/mol. The Morgan fingerprint density at radius 3 is 2.68 bits per heavy atom. The lowest BCUT2D eigenvalue weighted by molar-refractivity contribution is 0.402. The van der Waals surface area contributed by atoms with E-state index in [1.807, 2.05) is 19.1 Å². The van der Waals surface area contributed by atoms with Crippen LogP contribution in [0.15, 0.2) is 47.2 Å². The van der Waals surface area contributed by atoms with Crippen LogP contribution in [-0.4, -0.2) is 4.98 Å². The van der Waals surface area contributed by atoms with Gasteiger partial charge in [-0.2, -0.15) is 0 Å². The van der Waals surface area contributed by atoms with Crippen LogP contribution in [-0.2, 0) is 12.0 Å². The Labute approximate surface area is 121 Å². The van der Waals surface area contributed by atoms with E-state index in [2.05, 4.69) is 20.9 Å². The van der Waals surface area contributed by atoms with Crippen molar-refractivity contribution in [1.82, 2.24) is 4.98 Å². The zero-order valence-corrected chi connectivity index (χ0v) is 12.3. The van der Waals surface area contributed by atoms with Gasteiger partial charge in [0.2, 0.25) is 0 Å². The second kappa shape index (κ2) is 5.80. The zero-order valence-electron chi connectivity index (χ0n) is 10.7. The lowest BCUT2D eigenvalue weighted by Crippen LogP contribution is -2.39. The maximum absolute atomic E-state index is 13.9. The van der Waals surface area contributed by atoms with E-state index in [9.17, 15) is 4.39 Å². The molecule has 4 heteroatoms. The van der Waals surface area contributed by atoms with Crippen LogP contribution in [0.25, 0.3) is 0 Å². The Hall–Kier alpha value is -1.26. The smallest absolute Gasteiger partial charge is 0.128 e. The summed E-state index contributed by atoms with van der Waals surface area (Å²) in [5.74, 6) is -0.255. The quantitative estimate of drug-likeness (QED) is 0.930. The fourth-order valence-electron chi connectivity index (χ4n) is 2.19. The van der Waals surface area contributed by atoms with Crippen molar-refractivity contribution >= 4 is 15.9 Å². The van der Waals surface area contributed by atoms with Crippen molar-refractivity contribution in [3.63, 3.8) is 0 Å². The van der Waals surface area contributed by atoms with Gasteiger partial charge in [0.1, 0.15) is 5.82 Å². The Balaban J connectivity index is 2.36. The number of rotatable bonds is 4. The number of pyridine rings is 1. The van der Waals surface area contributed by atoms with Crippen molar-refractivity contribution in [3.05, 3.63) is 64.1 Å². The molecule has 2 aromatic rings. The summed E-state index contributed by atoms with van der Waals surface area (Å²) in [5.41, 5.74) is 7.25. The Kier molecular flexibility index (Phi) is 4.32. The average Bonchev–Trinajstić information content (AvgIpc) is 2.39. The van der Waals surface area contributed by atoms with Gasteiger partial charge in [-0.15, -0.1) is 0 Å². The third-order valence-corrected chi connectivity index (χ3v) is 3.76. The van der Waals surface area contributed by atoms with Crippen LogP contribution < -0.4 is 5.73 Å². The van der Waals surface area contributed by atoms with Crippen LogP contribution in [0.5, 0.6) is 0 Å². The molecule has 100 valence electrons. The van der Waals surface area contributed by atoms with Crippen LogP contribution in [0.2, 0.25) is 0 Å². The molecule has 1 aromatic carbocycles. The normalized spacial score (nSPS) is 14.1. The average molecular weight is 323 g/mol. The molecule has 0 saturated heterocycles. The van der Waals surface area contributed by atoms with Crippen molar-refractivity contribution in [1.29, 1.82) is 0 Å². The molecule has 0 radical (unpaired) electrons. The zero-order chi connectivity index (χ0) is 13.9. The lowest BCUT2D eigenvalue weighted by Gasteiger charge is -2.29. The molecule has 2 rings (SSSR count). The Bertz CT molecular complexity index is 574. The molecule has 0 aliphatic heterocycles. The first-order chi connectivity index (χ1) is 9.05. The van der Waals surface area contributed by atoms with Gasteiger partial charge in [-0.3, -0.25) is 4.98 Å². The van der Waals surface area contributed by atoms with Gasteiger partial charge in [-0.05, 0) is 46.5 Å². The summed E-state index contributed by atoms with van der Waals surface area (Å²) in [4.78, 5) is 4.12. The highest BCUT2D eigenvalue weighted by molar-refractivity contribution is 9.10. The van der Waals surface area contributed by atoms with E-state index in [4.69, 9.17) is 5.73 Å². The highest BCUT2D eigenvalue weighted by atomic mass is 79.9. The summed E-state index contributed by atoms with van der Waals surface area (Å²) in [5, 5.41) is 0. The van der Waals surface area contributed by atoms with Gasteiger partial charge in [0.15, 0.2) is 0 Å². The first kappa shape index (κ1) is 14.2. The molecule has 2 nitrogen and oxygen atoms in total. The molecular formula is C15H16BrFN2.